The number of hydrogen-bond donors (Lipinski definition) is 2. The zero-order chi connectivity index (χ0) is 14.5. The molecule has 0 saturated heterocycles. The fourth-order valence-electron chi connectivity index (χ4n) is 3.13. The van der Waals surface area contributed by atoms with E-state index in [-0.39, 0.29) is 6.04 Å². The van der Waals surface area contributed by atoms with E-state index >= 15 is 0 Å². The number of rotatable bonds is 5. The number of aromatic nitrogens is 1. The van der Waals surface area contributed by atoms with E-state index in [9.17, 15) is 5.11 Å². The van der Waals surface area contributed by atoms with Crippen LogP contribution in [0.3, 0.4) is 0 Å². The van der Waals surface area contributed by atoms with Gasteiger partial charge in [0.1, 0.15) is 0 Å². The summed E-state index contributed by atoms with van der Waals surface area (Å²) in [6, 6.07) is 14.5. The van der Waals surface area contributed by atoms with E-state index in [4.69, 9.17) is 0 Å². The Balaban J connectivity index is 1.80. The average Bonchev–Trinajstić information content (AvgIpc) is 2.97. The summed E-state index contributed by atoms with van der Waals surface area (Å²) in [5.74, 6) is 0. The Kier molecular flexibility index (Phi) is 4.32. The average molecular weight is 282 g/mol. The number of nitrogens with one attached hydrogen (secondary N) is 1. The van der Waals surface area contributed by atoms with E-state index in [2.05, 4.69) is 34.6 Å². The fourth-order valence-corrected chi connectivity index (χ4v) is 3.13. The summed E-state index contributed by atoms with van der Waals surface area (Å²) in [6.45, 7) is 0.634. The zero-order valence-electron chi connectivity index (χ0n) is 12.2. The van der Waals surface area contributed by atoms with Crippen molar-refractivity contribution in [2.45, 2.75) is 37.3 Å². The summed E-state index contributed by atoms with van der Waals surface area (Å²) in [5, 5.41) is 14.1. The van der Waals surface area contributed by atoms with Crippen LogP contribution in [-0.4, -0.2) is 22.2 Å². The number of hydrogen-bond acceptors (Lipinski definition) is 3. The molecule has 0 amide bonds. The van der Waals surface area contributed by atoms with Crippen LogP contribution in [0.1, 0.15) is 42.9 Å². The van der Waals surface area contributed by atoms with E-state index in [0.717, 1.165) is 25.7 Å². The maximum atomic E-state index is 10.6. The van der Waals surface area contributed by atoms with Crippen molar-refractivity contribution in [2.75, 3.05) is 6.54 Å². The normalized spacial score (nSPS) is 18.5. The lowest BCUT2D eigenvalue weighted by molar-refractivity contribution is 0.0460. The predicted octanol–water partition coefficient (Wildman–Crippen LogP) is 3.07. The van der Waals surface area contributed by atoms with Gasteiger partial charge < -0.3 is 10.4 Å². The molecule has 2 N–H and O–H groups in total. The van der Waals surface area contributed by atoms with Gasteiger partial charge in [-0.2, -0.15) is 0 Å². The van der Waals surface area contributed by atoms with Gasteiger partial charge in [0.15, 0.2) is 0 Å². The minimum Gasteiger partial charge on any atom is -0.389 e. The summed E-state index contributed by atoms with van der Waals surface area (Å²) in [4.78, 5) is 4.10. The van der Waals surface area contributed by atoms with Crippen LogP contribution in [0.2, 0.25) is 0 Å². The first-order valence-electron chi connectivity index (χ1n) is 7.67. The molecule has 1 atom stereocenters. The quantitative estimate of drug-likeness (QED) is 0.886. The Morgan fingerprint density at radius 1 is 1.00 bits per heavy atom. The molecule has 0 radical (unpaired) electrons. The molecule has 1 unspecified atom stereocenters. The summed E-state index contributed by atoms with van der Waals surface area (Å²) in [6.07, 6.45) is 7.69. The molecule has 1 fully saturated rings. The molecule has 0 aliphatic heterocycles. The van der Waals surface area contributed by atoms with Crippen LogP contribution in [-0.2, 0) is 0 Å². The van der Waals surface area contributed by atoms with Crippen molar-refractivity contribution in [1.29, 1.82) is 0 Å². The highest BCUT2D eigenvalue weighted by molar-refractivity contribution is 5.30. The number of nitrogens with zero attached hydrogens (tertiary/aromatic N) is 1. The van der Waals surface area contributed by atoms with Gasteiger partial charge in [-0.15, -0.1) is 0 Å². The molecule has 3 rings (SSSR count). The van der Waals surface area contributed by atoms with Gasteiger partial charge in [-0.05, 0) is 36.1 Å². The fraction of sp³-hybridized carbons (Fsp3) is 0.389. The molecule has 0 bridgehead atoms. The van der Waals surface area contributed by atoms with Gasteiger partial charge in [-0.3, -0.25) is 4.98 Å². The number of pyridine rings is 1. The number of benzene rings is 1. The molecule has 3 heteroatoms. The SMILES string of the molecule is OC1(CNC(c2ccccc2)c2ccncc2)CCCC1. The summed E-state index contributed by atoms with van der Waals surface area (Å²) in [7, 11) is 0. The van der Waals surface area contributed by atoms with Gasteiger partial charge in [-0.25, -0.2) is 0 Å². The number of aliphatic hydroxyl groups is 1. The van der Waals surface area contributed by atoms with Crippen molar-refractivity contribution < 1.29 is 5.11 Å². The summed E-state index contributed by atoms with van der Waals surface area (Å²) < 4.78 is 0. The van der Waals surface area contributed by atoms with Crippen molar-refractivity contribution in [3.8, 4) is 0 Å². The first kappa shape index (κ1) is 14.2. The molecule has 3 nitrogen and oxygen atoms in total. The van der Waals surface area contributed by atoms with Crippen molar-refractivity contribution >= 4 is 0 Å². The Morgan fingerprint density at radius 2 is 1.62 bits per heavy atom. The Hall–Kier alpha value is -1.71. The highest BCUT2D eigenvalue weighted by atomic mass is 16.3. The van der Waals surface area contributed by atoms with Gasteiger partial charge in [0.05, 0.1) is 11.6 Å². The molecule has 1 aliphatic carbocycles. The molecule has 110 valence electrons. The second kappa shape index (κ2) is 6.37. The van der Waals surface area contributed by atoms with Gasteiger partial charge in [-0.1, -0.05) is 43.2 Å². The highest BCUT2D eigenvalue weighted by Gasteiger charge is 2.31. The van der Waals surface area contributed by atoms with Crippen molar-refractivity contribution in [2.24, 2.45) is 0 Å². The maximum absolute atomic E-state index is 10.6. The van der Waals surface area contributed by atoms with E-state index < -0.39 is 5.60 Å². The van der Waals surface area contributed by atoms with Crippen LogP contribution in [0.4, 0.5) is 0 Å². The summed E-state index contributed by atoms with van der Waals surface area (Å²) >= 11 is 0. The lowest BCUT2D eigenvalue weighted by Crippen LogP contribution is -2.40. The molecule has 0 spiro atoms. The van der Waals surface area contributed by atoms with Crippen LogP contribution in [0.5, 0.6) is 0 Å². The molecule has 1 aliphatic rings. The molecule has 2 aromatic rings. The van der Waals surface area contributed by atoms with E-state index in [0.29, 0.717) is 6.54 Å². The molecule has 1 aromatic carbocycles. The Bertz CT molecular complexity index is 510. The van der Waals surface area contributed by atoms with Crippen LogP contribution in [0.15, 0.2) is 54.9 Å². The van der Waals surface area contributed by atoms with Crippen molar-refractivity contribution in [3.63, 3.8) is 0 Å². The standard InChI is InChI=1S/C18H22N2O/c21-18(10-4-5-11-18)14-20-17(15-6-2-1-3-7-15)16-8-12-19-13-9-16/h1-3,6-9,12-13,17,20-21H,4-5,10-11,14H2. The molecule has 1 heterocycles. The smallest absolute Gasteiger partial charge is 0.0771 e. The van der Waals surface area contributed by atoms with Crippen LogP contribution >= 0.6 is 0 Å². The van der Waals surface area contributed by atoms with Crippen molar-refractivity contribution in [1.82, 2.24) is 10.3 Å². The minimum atomic E-state index is -0.542. The first-order chi connectivity index (χ1) is 10.3. The van der Waals surface area contributed by atoms with E-state index in [1.165, 1.54) is 11.1 Å². The Labute approximate surface area is 126 Å². The van der Waals surface area contributed by atoms with Crippen LogP contribution in [0, 0.1) is 0 Å². The maximum Gasteiger partial charge on any atom is 0.0771 e. The molecular formula is C18H22N2O. The molecule has 21 heavy (non-hydrogen) atoms. The van der Waals surface area contributed by atoms with E-state index in [1.54, 1.807) is 0 Å². The van der Waals surface area contributed by atoms with Crippen molar-refractivity contribution in [3.05, 3.63) is 66.0 Å². The highest BCUT2D eigenvalue weighted by Crippen LogP contribution is 2.30. The molecule has 1 aromatic heterocycles. The third kappa shape index (κ3) is 3.49. The Morgan fingerprint density at radius 3 is 2.29 bits per heavy atom. The lowest BCUT2D eigenvalue weighted by atomic mass is 9.97. The minimum absolute atomic E-state index is 0.0961. The molecular weight excluding hydrogens is 260 g/mol. The predicted molar refractivity (Wildman–Crippen MR) is 83.9 cm³/mol. The molecule has 1 saturated carbocycles. The zero-order valence-corrected chi connectivity index (χ0v) is 12.2. The van der Waals surface area contributed by atoms with Gasteiger partial charge in [0, 0.05) is 18.9 Å². The largest absolute Gasteiger partial charge is 0.389 e. The summed E-state index contributed by atoms with van der Waals surface area (Å²) in [5.41, 5.74) is 1.85. The third-order valence-electron chi connectivity index (χ3n) is 4.34. The second-order valence-corrected chi connectivity index (χ2v) is 5.94. The lowest BCUT2D eigenvalue weighted by Gasteiger charge is -2.27. The van der Waals surface area contributed by atoms with E-state index in [1.807, 2.05) is 30.6 Å². The van der Waals surface area contributed by atoms with Gasteiger partial charge in [0.2, 0.25) is 0 Å². The first-order valence-corrected chi connectivity index (χ1v) is 7.67. The topological polar surface area (TPSA) is 45.1 Å². The van der Waals surface area contributed by atoms with Crippen LogP contribution < -0.4 is 5.32 Å². The monoisotopic (exact) mass is 282 g/mol. The van der Waals surface area contributed by atoms with Gasteiger partial charge in [0.25, 0.3) is 0 Å². The van der Waals surface area contributed by atoms with Gasteiger partial charge >= 0.3 is 0 Å². The van der Waals surface area contributed by atoms with Crippen LogP contribution in [0.25, 0.3) is 0 Å². The second-order valence-electron chi connectivity index (χ2n) is 5.94. The third-order valence-corrected chi connectivity index (χ3v) is 4.34.